The summed E-state index contributed by atoms with van der Waals surface area (Å²) in [5.41, 5.74) is 0. The van der Waals surface area contributed by atoms with E-state index in [9.17, 15) is 0 Å². The van der Waals surface area contributed by atoms with Crippen molar-refractivity contribution in [3.05, 3.63) is 0 Å². The van der Waals surface area contributed by atoms with Crippen molar-refractivity contribution in [3.8, 4) is 0 Å². The Morgan fingerprint density at radius 1 is 1.28 bits per heavy atom. The molecule has 0 aromatic carbocycles. The molecule has 0 bridgehead atoms. The number of aliphatic imine (C=N–C) groups is 1. The molecule has 18 heavy (non-hydrogen) atoms. The highest BCUT2D eigenvalue weighted by atomic mass is 16.5. The molecule has 0 fully saturated rings. The van der Waals surface area contributed by atoms with Crippen LogP contribution in [0.4, 0.5) is 0 Å². The summed E-state index contributed by atoms with van der Waals surface area (Å²) in [4.78, 5) is 6.76. The van der Waals surface area contributed by atoms with Gasteiger partial charge < -0.3 is 20.3 Å². The number of methoxy groups -OCH3 is 1. The molecule has 0 unspecified atom stereocenters. The molecule has 0 amide bonds. The van der Waals surface area contributed by atoms with Crippen molar-refractivity contribution in [2.45, 2.75) is 20.8 Å². The summed E-state index contributed by atoms with van der Waals surface area (Å²) >= 11 is 0. The first-order valence-electron chi connectivity index (χ1n) is 6.79. The normalized spacial score (nSPS) is 12.3. The molecular weight excluding hydrogens is 228 g/mol. The predicted octanol–water partition coefficient (Wildman–Crippen LogP) is 0.776. The molecular formula is C13H30N4O. The average molecular weight is 258 g/mol. The Labute approximate surface area is 112 Å². The zero-order valence-corrected chi connectivity index (χ0v) is 12.6. The molecule has 0 aromatic heterocycles. The van der Waals surface area contributed by atoms with Crippen LogP contribution in [0.3, 0.4) is 0 Å². The zero-order valence-electron chi connectivity index (χ0n) is 12.6. The van der Waals surface area contributed by atoms with E-state index in [1.807, 2.05) is 0 Å². The van der Waals surface area contributed by atoms with Gasteiger partial charge in [0, 0.05) is 39.8 Å². The number of hydrogen-bond acceptors (Lipinski definition) is 3. The summed E-state index contributed by atoms with van der Waals surface area (Å²) < 4.78 is 5.05. The number of guanidine groups is 1. The summed E-state index contributed by atoms with van der Waals surface area (Å²) in [5, 5.41) is 6.59. The highest BCUT2D eigenvalue weighted by Gasteiger charge is 2.00. The second-order valence-corrected chi connectivity index (χ2v) is 4.84. The lowest BCUT2D eigenvalue weighted by Gasteiger charge is -2.18. The van der Waals surface area contributed by atoms with Crippen LogP contribution in [-0.4, -0.2) is 64.3 Å². The maximum absolute atomic E-state index is 5.05. The molecule has 0 saturated heterocycles. The number of rotatable bonds is 9. The van der Waals surface area contributed by atoms with Gasteiger partial charge in [0.25, 0.3) is 0 Å². The molecule has 0 saturated carbocycles. The molecule has 108 valence electrons. The first kappa shape index (κ1) is 17.2. The van der Waals surface area contributed by atoms with Crippen molar-refractivity contribution >= 4 is 5.96 Å². The van der Waals surface area contributed by atoms with Crippen molar-refractivity contribution in [1.29, 1.82) is 0 Å². The third kappa shape index (κ3) is 10.4. The van der Waals surface area contributed by atoms with Gasteiger partial charge in [-0.15, -0.1) is 0 Å². The molecule has 0 spiro atoms. The van der Waals surface area contributed by atoms with Gasteiger partial charge in [-0.3, -0.25) is 4.99 Å². The first-order chi connectivity index (χ1) is 8.60. The van der Waals surface area contributed by atoms with E-state index < -0.39 is 0 Å². The Kier molecular flexibility index (Phi) is 10.8. The standard InChI is InChI=1S/C13H30N4O/c1-6-14-13(16-11-12(2)3)15-7-8-17(4)9-10-18-5/h12H,6-11H2,1-5H3,(H2,14,15,16). The maximum Gasteiger partial charge on any atom is 0.191 e. The smallest absolute Gasteiger partial charge is 0.191 e. The fraction of sp³-hybridized carbons (Fsp3) is 0.923. The molecule has 0 aliphatic heterocycles. The van der Waals surface area contributed by atoms with Crippen molar-refractivity contribution in [3.63, 3.8) is 0 Å². The lowest BCUT2D eigenvalue weighted by atomic mass is 10.2. The Bertz CT molecular complexity index is 219. The lowest BCUT2D eigenvalue weighted by Crippen LogP contribution is -2.41. The minimum Gasteiger partial charge on any atom is -0.383 e. The third-order valence-corrected chi connectivity index (χ3v) is 2.42. The molecule has 0 atom stereocenters. The molecule has 5 nitrogen and oxygen atoms in total. The average Bonchev–Trinajstić information content (AvgIpc) is 2.33. The molecule has 0 aliphatic carbocycles. The Morgan fingerprint density at radius 3 is 2.56 bits per heavy atom. The van der Waals surface area contributed by atoms with Gasteiger partial charge in [-0.1, -0.05) is 13.8 Å². The number of hydrogen-bond donors (Lipinski definition) is 2. The third-order valence-electron chi connectivity index (χ3n) is 2.42. The van der Waals surface area contributed by atoms with Crippen LogP contribution in [0.2, 0.25) is 0 Å². The van der Waals surface area contributed by atoms with E-state index in [0.717, 1.165) is 45.3 Å². The summed E-state index contributed by atoms with van der Waals surface area (Å²) in [6, 6.07) is 0. The van der Waals surface area contributed by atoms with Gasteiger partial charge in [0.2, 0.25) is 0 Å². The molecule has 0 radical (unpaired) electrons. The molecule has 2 N–H and O–H groups in total. The second-order valence-electron chi connectivity index (χ2n) is 4.84. The minimum absolute atomic E-state index is 0.588. The zero-order chi connectivity index (χ0) is 13.8. The predicted molar refractivity (Wildman–Crippen MR) is 78.2 cm³/mol. The van der Waals surface area contributed by atoms with E-state index in [0.29, 0.717) is 5.92 Å². The van der Waals surface area contributed by atoms with Gasteiger partial charge >= 0.3 is 0 Å². The van der Waals surface area contributed by atoms with E-state index in [-0.39, 0.29) is 0 Å². The van der Waals surface area contributed by atoms with Gasteiger partial charge in [0.05, 0.1) is 6.61 Å². The second kappa shape index (κ2) is 11.3. The fourth-order valence-electron chi connectivity index (χ4n) is 1.34. The van der Waals surface area contributed by atoms with Crippen LogP contribution >= 0.6 is 0 Å². The van der Waals surface area contributed by atoms with Crippen LogP contribution in [-0.2, 0) is 4.74 Å². The SMILES string of the molecule is CCNC(=NCC(C)C)NCCN(C)CCOC. The summed E-state index contributed by atoms with van der Waals surface area (Å²) in [6.45, 7) is 11.8. The van der Waals surface area contributed by atoms with Crippen molar-refractivity contribution < 1.29 is 4.74 Å². The Morgan fingerprint density at radius 2 is 2.00 bits per heavy atom. The minimum atomic E-state index is 0.588. The van der Waals surface area contributed by atoms with Crippen LogP contribution in [0.15, 0.2) is 4.99 Å². The van der Waals surface area contributed by atoms with Gasteiger partial charge in [0.1, 0.15) is 0 Å². The highest BCUT2D eigenvalue weighted by Crippen LogP contribution is 1.91. The molecule has 0 rings (SSSR count). The van der Waals surface area contributed by atoms with Crippen LogP contribution in [0.25, 0.3) is 0 Å². The molecule has 5 heteroatoms. The first-order valence-corrected chi connectivity index (χ1v) is 6.79. The van der Waals surface area contributed by atoms with Crippen molar-refractivity contribution in [2.24, 2.45) is 10.9 Å². The fourth-order valence-corrected chi connectivity index (χ4v) is 1.34. The monoisotopic (exact) mass is 258 g/mol. The lowest BCUT2D eigenvalue weighted by molar-refractivity contribution is 0.162. The summed E-state index contributed by atoms with van der Waals surface area (Å²) in [6.07, 6.45) is 0. The van der Waals surface area contributed by atoms with E-state index in [1.165, 1.54) is 0 Å². The van der Waals surface area contributed by atoms with E-state index >= 15 is 0 Å². The summed E-state index contributed by atoms with van der Waals surface area (Å²) in [5.74, 6) is 1.50. The number of nitrogens with zero attached hydrogens (tertiary/aromatic N) is 2. The van der Waals surface area contributed by atoms with Crippen molar-refractivity contribution in [2.75, 3.05) is 53.5 Å². The van der Waals surface area contributed by atoms with Crippen LogP contribution in [0.1, 0.15) is 20.8 Å². The number of ether oxygens (including phenoxy) is 1. The van der Waals surface area contributed by atoms with Gasteiger partial charge in [-0.05, 0) is 19.9 Å². The summed E-state index contributed by atoms with van der Waals surface area (Å²) in [7, 11) is 3.83. The van der Waals surface area contributed by atoms with Crippen LogP contribution in [0, 0.1) is 5.92 Å². The number of likely N-dealkylation sites (N-methyl/N-ethyl adjacent to an activating group) is 1. The van der Waals surface area contributed by atoms with Crippen molar-refractivity contribution in [1.82, 2.24) is 15.5 Å². The quantitative estimate of drug-likeness (QED) is 0.474. The van der Waals surface area contributed by atoms with E-state index in [1.54, 1.807) is 7.11 Å². The molecule has 0 aromatic rings. The number of nitrogens with one attached hydrogen (secondary N) is 2. The maximum atomic E-state index is 5.05. The largest absolute Gasteiger partial charge is 0.383 e. The van der Waals surface area contributed by atoms with Gasteiger partial charge in [0.15, 0.2) is 5.96 Å². The van der Waals surface area contributed by atoms with Gasteiger partial charge in [-0.2, -0.15) is 0 Å². The Hall–Kier alpha value is -0.810. The van der Waals surface area contributed by atoms with E-state index in [2.05, 4.69) is 48.3 Å². The highest BCUT2D eigenvalue weighted by molar-refractivity contribution is 5.79. The topological polar surface area (TPSA) is 48.9 Å². The molecule has 0 heterocycles. The molecule has 0 aliphatic rings. The van der Waals surface area contributed by atoms with Gasteiger partial charge in [-0.25, -0.2) is 0 Å². The van der Waals surface area contributed by atoms with Crippen LogP contribution in [0.5, 0.6) is 0 Å². The Balaban J connectivity index is 3.85. The van der Waals surface area contributed by atoms with Crippen LogP contribution < -0.4 is 10.6 Å². The van der Waals surface area contributed by atoms with E-state index in [4.69, 9.17) is 4.74 Å².